The van der Waals surface area contributed by atoms with Crippen LogP contribution in [0.4, 0.5) is 0 Å². The molecular formula is C21H25ClN2O5S. The van der Waals surface area contributed by atoms with E-state index in [1.54, 1.807) is 26.0 Å². The topological polar surface area (TPSA) is 102 Å². The van der Waals surface area contributed by atoms with Crippen LogP contribution < -0.4 is 10.0 Å². The van der Waals surface area contributed by atoms with Crippen molar-refractivity contribution >= 4 is 33.5 Å². The average Bonchev–Trinajstić information content (AvgIpc) is 2.67. The van der Waals surface area contributed by atoms with Gasteiger partial charge in [-0.05, 0) is 44.5 Å². The number of hydrogen-bond donors (Lipinski definition) is 2. The number of ether oxygens (including phenoxy) is 1. The first-order valence-electron chi connectivity index (χ1n) is 9.29. The van der Waals surface area contributed by atoms with Gasteiger partial charge >= 0.3 is 5.97 Å². The quantitative estimate of drug-likeness (QED) is 0.598. The molecule has 0 heterocycles. The van der Waals surface area contributed by atoms with Gasteiger partial charge in [-0.2, -0.15) is 0 Å². The number of benzene rings is 2. The molecule has 0 saturated carbocycles. The fourth-order valence-corrected chi connectivity index (χ4v) is 4.24. The highest BCUT2D eigenvalue weighted by atomic mass is 35.5. The van der Waals surface area contributed by atoms with Crippen molar-refractivity contribution in [1.29, 1.82) is 0 Å². The van der Waals surface area contributed by atoms with Crippen LogP contribution in [0.3, 0.4) is 0 Å². The fraction of sp³-hybridized carbons (Fsp3) is 0.333. The Hall–Kier alpha value is -2.42. The van der Waals surface area contributed by atoms with E-state index < -0.39 is 27.9 Å². The van der Waals surface area contributed by atoms with Crippen molar-refractivity contribution in [3.63, 3.8) is 0 Å². The SMILES string of the molecule is COC(=O)CC(NC(=O)c1cc(S(=O)(=O)NC(C)C)ccc1Cl)c1ccc(C)cc1. The molecule has 0 aliphatic rings. The van der Waals surface area contributed by atoms with E-state index in [4.69, 9.17) is 16.3 Å². The third-order valence-corrected chi connectivity index (χ3v) is 6.25. The lowest BCUT2D eigenvalue weighted by Crippen LogP contribution is -2.32. The molecule has 2 N–H and O–H groups in total. The number of carbonyl (C=O) groups excluding carboxylic acids is 2. The van der Waals surface area contributed by atoms with Gasteiger partial charge in [0.15, 0.2) is 0 Å². The summed E-state index contributed by atoms with van der Waals surface area (Å²) >= 11 is 6.16. The van der Waals surface area contributed by atoms with Crippen molar-refractivity contribution < 1.29 is 22.7 Å². The zero-order valence-corrected chi connectivity index (χ0v) is 18.8. The second kappa shape index (κ2) is 10.1. The molecule has 0 aliphatic heterocycles. The minimum Gasteiger partial charge on any atom is -0.469 e. The van der Waals surface area contributed by atoms with Gasteiger partial charge in [0.1, 0.15) is 0 Å². The van der Waals surface area contributed by atoms with Crippen LogP contribution >= 0.6 is 11.6 Å². The maximum atomic E-state index is 12.9. The molecular weight excluding hydrogens is 428 g/mol. The van der Waals surface area contributed by atoms with Crippen molar-refractivity contribution in [3.8, 4) is 0 Å². The molecule has 0 fully saturated rings. The minimum atomic E-state index is -3.80. The second-order valence-electron chi connectivity index (χ2n) is 7.13. The third kappa shape index (κ3) is 6.29. The van der Waals surface area contributed by atoms with Gasteiger partial charge < -0.3 is 10.1 Å². The summed E-state index contributed by atoms with van der Waals surface area (Å²) in [4.78, 5) is 24.7. The van der Waals surface area contributed by atoms with Crippen LogP contribution in [-0.4, -0.2) is 33.4 Å². The number of methoxy groups -OCH3 is 1. The maximum absolute atomic E-state index is 12.9. The van der Waals surface area contributed by atoms with Gasteiger partial charge in [0.2, 0.25) is 10.0 Å². The summed E-state index contributed by atoms with van der Waals surface area (Å²) in [5.41, 5.74) is 1.73. The highest BCUT2D eigenvalue weighted by Crippen LogP contribution is 2.24. The lowest BCUT2D eigenvalue weighted by molar-refractivity contribution is -0.141. The Morgan fingerprint density at radius 3 is 2.30 bits per heavy atom. The lowest BCUT2D eigenvalue weighted by Gasteiger charge is -2.19. The van der Waals surface area contributed by atoms with Crippen molar-refractivity contribution in [2.75, 3.05) is 7.11 Å². The largest absolute Gasteiger partial charge is 0.469 e. The lowest BCUT2D eigenvalue weighted by atomic mass is 10.0. The molecule has 7 nitrogen and oxygen atoms in total. The van der Waals surface area contributed by atoms with Gasteiger partial charge in [-0.15, -0.1) is 0 Å². The summed E-state index contributed by atoms with van der Waals surface area (Å²) in [6.45, 7) is 5.31. The number of carbonyl (C=O) groups is 2. The van der Waals surface area contributed by atoms with Gasteiger partial charge in [-0.3, -0.25) is 9.59 Å². The summed E-state index contributed by atoms with van der Waals surface area (Å²) in [6.07, 6.45) is -0.0875. The van der Waals surface area contributed by atoms with E-state index in [1.165, 1.54) is 25.3 Å². The van der Waals surface area contributed by atoms with Crippen LogP contribution in [0.2, 0.25) is 5.02 Å². The number of esters is 1. The predicted octanol–water partition coefficient (Wildman–Crippen LogP) is 3.37. The van der Waals surface area contributed by atoms with Gasteiger partial charge in [0.25, 0.3) is 5.91 Å². The third-order valence-electron chi connectivity index (χ3n) is 4.27. The Balaban J connectivity index is 2.36. The highest BCUT2D eigenvalue weighted by molar-refractivity contribution is 7.89. The molecule has 2 aromatic rings. The van der Waals surface area contributed by atoms with Crippen LogP contribution in [0, 0.1) is 6.92 Å². The summed E-state index contributed by atoms with van der Waals surface area (Å²) in [5, 5.41) is 2.85. The molecule has 9 heteroatoms. The monoisotopic (exact) mass is 452 g/mol. The molecule has 30 heavy (non-hydrogen) atoms. The Morgan fingerprint density at radius 1 is 1.10 bits per heavy atom. The second-order valence-corrected chi connectivity index (χ2v) is 9.26. The number of hydrogen-bond acceptors (Lipinski definition) is 5. The van der Waals surface area contributed by atoms with Crippen molar-refractivity contribution in [2.45, 2.75) is 44.2 Å². The molecule has 0 bridgehead atoms. The maximum Gasteiger partial charge on any atom is 0.307 e. The number of halogens is 1. The number of rotatable bonds is 8. The smallest absolute Gasteiger partial charge is 0.307 e. The van der Waals surface area contributed by atoms with Crippen molar-refractivity contribution in [3.05, 3.63) is 64.2 Å². The minimum absolute atomic E-state index is 0.00900. The molecule has 0 spiro atoms. The number of amides is 1. The van der Waals surface area contributed by atoms with Gasteiger partial charge in [0, 0.05) is 6.04 Å². The zero-order valence-electron chi connectivity index (χ0n) is 17.2. The van der Waals surface area contributed by atoms with Crippen molar-refractivity contribution in [2.24, 2.45) is 0 Å². The van der Waals surface area contributed by atoms with E-state index in [9.17, 15) is 18.0 Å². The van der Waals surface area contributed by atoms with Gasteiger partial charge in [-0.1, -0.05) is 41.4 Å². The van der Waals surface area contributed by atoms with E-state index in [-0.39, 0.29) is 27.9 Å². The first-order valence-corrected chi connectivity index (χ1v) is 11.2. The average molecular weight is 453 g/mol. The molecule has 0 radical (unpaired) electrons. The first kappa shape index (κ1) is 23.9. The van der Waals surface area contributed by atoms with E-state index in [2.05, 4.69) is 10.0 Å². The molecule has 0 aliphatic carbocycles. The Bertz CT molecular complexity index is 1020. The normalized spacial score (nSPS) is 12.5. The summed E-state index contributed by atoms with van der Waals surface area (Å²) in [6, 6.07) is 10.3. The van der Waals surface area contributed by atoms with Crippen LogP contribution in [0.25, 0.3) is 0 Å². The van der Waals surface area contributed by atoms with Crippen LogP contribution in [-0.2, 0) is 19.6 Å². The molecule has 1 unspecified atom stereocenters. The van der Waals surface area contributed by atoms with Crippen LogP contribution in [0.5, 0.6) is 0 Å². The van der Waals surface area contributed by atoms with E-state index in [0.717, 1.165) is 5.56 Å². The van der Waals surface area contributed by atoms with Crippen molar-refractivity contribution in [1.82, 2.24) is 10.0 Å². The first-order chi connectivity index (χ1) is 14.0. The summed E-state index contributed by atoms with van der Waals surface area (Å²) in [5.74, 6) is -1.10. The van der Waals surface area contributed by atoms with E-state index in [1.807, 2.05) is 19.1 Å². The fourth-order valence-electron chi connectivity index (χ4n) is 2.76. The van der Waals surface area contributed by atoms with Crippen LogP contribution in [0.15, 0.2) is 47.4 Å². The highest BCUT2D eigenvalue weighted by Gasteiger charge is 2.23. The molecule has 1 atom stereocenters. The number of nitrogens with one attached hydrogen (secondary N) is 2. The molecule has 2 aromatic carbocycles. The predicted molar refractivity (Wildman–Crippen MR) is 115 cm³/mol. The van der Waals surface area contributed by atoms with Gasteiger partial charge in [-0.25, -0.2) is 13.1 Å². The molecule has 0 aromatic heterocycles. The summed E-state index contributed by atoms with van der Waals surface area (Å²) < 4.78 is 32.1. The molecule has 2 rings (SSSR count). The zero-order chi connectivity index (χ0) is 22.5. The molecule has 162 valence electrons. The standard InChI is InChI=1S/C21H25ClN2O5S/c1-13(2)24-30(27,28)16-9-10-18(22)17(11-16)21(26)23-19(12-20(25)29-4)15-7-5-14(3)6-8-15/h5-11,13,19,24H,12H2,1-4H3,(H,23,26). The van der Waals surface area contributed by atoms with E-state index >= 15 is 0 Å². The Kier molecular flexibility index (Phi) is 8.00. The van der Waals surface area contributed by atoms with Gasteiger partial charge in [0.05, 0.1) is 35.1 Å². The molecule has 0 saturated heterocycles. The number of aryl methyl sites for hydroxylation is 1. The Morgan fingerprint density at radius 2 is 1.73 bits per heavy atom. The van der Waals surface area contributed by atoms with Crippen LogP contribution in [0.1, 0.15) is 47.8 Å². The number of sulfonamides is 1. The summed E-state index contributed by atoms with van der Waals surface area (Å²) in [7, 11) is -2.54. The molecule has 1 amide bonds. The Labute approximate surface area is 181 Å². The van der Waals surface area contributed by atoms with E-state index in [0.29, 0.717) is 5.56 Å².